The zero-order valence-corrected chi connectivity index (χ0v) is 41.9. The van der Waals surface area contributed by atoms with Gasteiger partial charge in [-0.1, -0.05) is 154 Å². The van der Waals surface area contributed by atoms with Crippen molar-refractivity contribution >= 4 is 46.2 Å². The summed E-state index contributed by atoms with van der Waals surface area (Å²) in [6.07, 6.45) is -2.74. The molecule has 3 aromatic heterocycles. The third-order valence-corrected chi connectivity index (χ3v) is 14.2. The molecule has 4 nitrogen and oxygen atoms in total. The monoisotopic (exact) mass is 1080 g/mol. The fourth-order valence-electron chi connectivity index (χ4n) is 8.55. The maximum atomic E-state index is 12.3. The van der Waals surface area contributed by atoms with Crippen molar-refractivity contribution in [1.82, 2.24) is 14.5 Å². The Labute approximate surface area is 404 Å². The maximum absolute atomic E-state index is 12.3. The van der Waals surface area contributed by atoms with Crippen molar-refractivity contribution in [3.05, 3.63) is 193 Å². The molecule has 0 amide bonds. The molecule has 0 bridgehead atoms. The summed E-state index contributed by atoms with van der Waals surface area (Å²) < 4.78 is 46.0. The number of para-hydroxylation sites is 2. The van der Waals surface area contributed by atoms with E-state index in [1.54, 1.807) is 24.4 Å². The van der Waals surface area contributed by atoms with Crippen molar-refractivity contribution in [2.75, 3.05) is 0 Å². The summed E-state index contributed by atoms with van der Waals surface area (Å²) >= 11 is 0. The molecule has 10 aromatic rings. The molecule has 0 spiro atoms. The Bertz CT molecular complexity index is 3290. The van der Waals surface area contributed by atoms with Gasteiger partial charge < -0.3 is 14.0 Å². The zero-order chi connectivity index (χ0) is 46.3. The molecule has 67 heavy (non-hydrogen) atoms. The van der Waals surface area contributed by atoms with Crippen molar-refractivity contribution in [3.8, 4) is 50.6 Å². The minimum Gasteiger partial charge on any atom is -0.501 e. The third-order valence-electron chi connectivity index (χ3n) is 12.1. The number of pyridine rings is 1. The first-order valence-corrected chi connectivity index (χ1v) is 25.9. The zero-order valence-electron chi connectivity index (χ0n) is 38.5. The van der Waals surface area contributed by atoms with Gasteiger partial charge in [0.25, 0.3) is 0 Å². The molecule has 0 aliphatic heterocycles. The number of hydrogen-bond donors (Lipinski definition) is 0. The average molecular weight is 1080 g/mol. The van der Waals surface area contributed by atoms with Gasteiger partial charge >= 0.3 is 6.18 Å². The van der Waals surface area contributed by atoms with Crippen LogP contribution < -0.4 is 5.19 Å². The van der Waals surface area contributed by atoms with Crippen LogP contribution in [0.25, 0.3) is 83.6 Å². The van der Waals surface area contributed by atoms with Crippen LogP contribution in [0.4, 0.5) is 13.2 Å². The summed E-state index contributed by atoms with van der Waals surface area (Å²) in [6.45, 7) is 16.3. The van der Waals surface area contributed by atoms with E-state index < -0.39 is 19.8 Å². The fraction of sp³-hybridized carbons (Fsp3) is 0.172. The van der Waals surface area contributed by atoms with Gasteiger partial charge in [-0.2, -0.15) is 13.2 Å². The SMILES string of the molecule is CC(C)c1cc(-c2ccc(-c3ccccc3)cc2)cc(C(C)C)c1-n1c(-c2[c-]ccc3c2oc2cc([Si](C)(C)C)ccc23)nc2ccccc21.FC(F)(F)c1c[c-]c(-c2ccccn2)cc1.[Ir]. The van der Waals surface area contributed by atoms with E-state index in [2.05, 4.69) is 184 Å². The summed E-state index contributed by atoms with van der Waals surface area (Å²) in [5.74, 6) is 1.39. The molecular weight excluding hydrogens is 1030 g/mol. The van der Waals surface area contributed by atoms with Crippen LogP contribution in [0.15, 0.2) is 168 Å². The van der Waals surface area contributed by atoms with E-state index in [9.17, 15) is 13.2 Å². The average Bonchev–Trinajstić information content (AvgIpc) is 3.90. The summed E-state index contributed by atoms with van der Waals surface area (Å²) in [5.41, 5.74) is 13.8. The molecule has 0 saturated carbocycles. The molecule has 0 aliphatic carbocycles. The number of nitrogens with zero attached hydrogens (tertiary/aromatic N) is 3. The van der Waals surface area contributed by atoms with Crippen LogP contribution in [-0.2, 0) is 26.3 Å². The third kappa shape index (κ3) is 9.60. The van der Waals surface area contributed by atoms with Crippen molar-refractivity contribution in [2.24, 2.45) is 0 Å². The number of alkyl halides is 3. The Hall–Kier alpha value is -6.38. The molecule has 9 heteroatoms. The Morgan fingerprint density at radius 2 is 1.28 bits per heavy atom. The standard InChI is InChI=1S/C46H43N2OSi.C12H7F3N.Ir/c1-29(2)39-26-34(33-22-20-32(21-23-33)31-14-9-8-10-15-31)27-40(30(3)4)44(39)48-42-19-12-11-18-41(42)47-46(48)38-17-13-16-37-36-25-24-35(50(5,6)7)28-43(36)49-45(37)38;13-12(14,15)10-6-4-9(5-7-10)11-3-1-2-8-16-11;/h8-16,18-30H,1-7H3;1-4,6-8H;/q2*-1;. The predicted molar refractivity (Wildman–Crippen MR) is 268 cm³/mol. The van der Waals surface area contributed by atoms with Crippen LogP contribution >= 0.6 is 0 Å². The number of rotatable bonds is 8. The van der Waals surface area contributed by atoms with Gasteiger partial charge in [0.1, 0.15) is 5.58 Å². The molecule has 1 radical (unpaired) electrons. The number of fused-ring (bicyclic) bond motifs is 4. The van der Waals surface area contributed by atoms with Crippen LogP contribution in [0.1, 0.15) is 56.2 Å². The first kappa shape index (κ1) is 47.1. The van der Waals surface area contributed by atoms with Crippen LogP contribution in [0.2, 0.25) is 19.6 Å². The van der Waals surface area contributed by atoms with E-state index in [0.29, 0.717) is 11.3 Å². The number of aromatic nitrogens is 3. The van der Waals surface area contributed by atoms with Crippen molar-refractivity contribution in [1.29, 1.82) is 0 Å². The second-order valence-corrected chi connectivity index (χ2v) is 23.5. The second kappa shape index (κ2) is 19.1. The minimum atomic E-state index is -4.32. The molecule has 0 atom stereocenters. The largest absolute Gasteiger partial charge is 0.501 e. The van der Waals surface area contributed by atoms with Crippen molar-refractivity contribution in [2.45, 2.75) is 65.3 Å². The molecule has 339 valence electrons. The summed E-state index contributed by atoms with van der Waals surface area (Å²) in [5, 5.41) is 3.62. The van der Waals surface area contributed by atoms with Gasteiger partial charge in [-0.05, 0) is 92.9 Å². The van der Waals surface area contributed by atoms with Crippen LogP contribution in [-0.4, -0.2) is 22.6 Å². The van der Waals surface area contributed by atoms with Crippen LogP contribution in [0.3, 0.4) is 0 Å². The normalized spacial score (nSPS) is 11.9. The second-order valence-electron chi connectivity index (χ2n) is 18.4. The Morgan fingerprint density at radius 1 is 0.642 bits per heavy atom. The molecule has 0 fully saturated rings. The Balaban J connectivity index is 0.000000303. The van der Waals surface area contributed by atoms with Crippen LogP contribution in [0, 0.1) is 12.1 Å². The molecule has 0 N–H and O–H groups in total. The summed E-state index contributed by atoms with van der Waals surface area (Å²) in [4.78, 5) is 9.36. The van der Waals surface area contributed by atoms with E-state index in [0.717, 1.165) is 56.5 Å². The van der Waals surface area contributed by atoms with Gasteiger partial charge in [0.15, 0.2) is 0 Å². The first-order chi connectivity index (χ1) is 31.7. The van der Waals surface area contributed by atoms with Crippen LogP contribution in [0.5, 0.6) is 0 Å². The van der Waals surface area contributed by atoms with Gasteiger partial charge in [-0.15, -0.1) is 48.0 Å². The Kier molecular flexibility index (Phi) is 13.4. The number of imidazole rings is 1. The van der Waals surface area contributed by atoms with Gasteiger partial charge in [0.05, 0.1) is 30.5 Å². The van der Waals surface area contributed by atoms with E-state index in [1.807, 2.05) is 6.07 Å². The van der Waals surface area contributed by atoms with E-state index in [4.69, 9.17) is 9.40 Å². The number of hydrogen-bond acceptors (Lipinski definition) is 3. The van der Waals surface area contributed by atoms with Crippen molar-refractivity contribution < 1.29 is 37.7 Å². The van der Waals surface area contributed by atoms with Gasteiger partial charge in [-0.25, -0.2) is 0 Å². The smallest absolute Gasteiger partial charge is 0.381 e. The number of benzene rings is 7. The minimum absolute atomic E-state index is 0. The number of furan rings is 1. The predicted octanol–water partition coefficient (Wildman–Crippen LogP) is 16.1. The van der Waals surface area contributed by atoms with E-state index >= 15 is 0 Å². The summed E-state index contributed by atoms with van der Waals surface area (Å²) in [6, 6.07) is 58.5. The molecule has 3 heterocycles. The van der Waals surface area contributed by atoms with Gasteiger partial charge in [0.2, 0.25) is 0 Å². The molecular formula is C58H50F3IrN3OSi-2. The molecule has 0 unspecified atom stereocenters. The molecule has 10 rings (SSSR count). The molecule has 0 saturated heterocycles. The summed E-state index contributed by atoms with van der Waals surface area (Å²) in [7, 11) is -1.52. The molecule has 0 aliphatic rings. The topological polar surface area (TPSA) is 43.9 Å². The maximum Gasteiger partial charge on any atom is 0.381 e. The van der Waals surface area contributed by atoms with E-state index in [1.165, 1.54) is 50.3 Å². The van der Waals surface area contributed by atoms with E-state index in [-0.39, 0.29) is 31.9 Å². The van der Waals surface area contributed by atoms with Gasteiger partial charge in [-0.3, -0.25) is 4.98 Å². The first-order valence-electron chi connectivity index (χ1n) is 22.4. The number of halogens is 3. The quantitative estimate of drug-likeness (QED) is 0.112. The van der Waals surface area contributed by atoms with Gasteiger partial charge in [0, 0.05) is 37.4 Å². The Morgan fingerprint density at radius 3 is 1.90 bits per heavy atom. The fourth-order valence-corrected chi connectivity index (χ4v) is 9.70. The molecule has 7 aromatic carbocycles. The van der Waals surface area contributed by atoms with Crippen molar-refractivity contribution in [3.63, 3.8) is 0 Å².